The number of hydrogen-bond donors (Lipinski definition) is 1. The quantitative estimate of drug-likeness (QED) is 0.935. The van der Waals surface area contributed by atoms with Gasteiger partial charge in [-0.05, 0) is 18.9 Å². The topological polar surface area (TPSA) is 47.3 Å². The summed E-state index contributed by atoms with van der Waals surface area (Å²) in [5, 5.41) is 16.6. The zero-order valence-corrected chi connectivity index (χ0v) is 12.2. The third-order valence-corrected chi connectivity index (χ3v) is 4.31. The first kappa shape index (κ1) is 13.6. The number of nitrogens with zero attached hydrogens (tertiary/aromatic N) is 2. The summed E-state index contributed by atoms with van der Waals surface area (Å²) in [6.45, 7) is 2.74. The minimum Gasteiger partial charge on any atom is -0.389 e. The van der Waals surface area contributed by atoms with Crippen LogP contribution in [0.4, 0.5) is 0 Å². The summed E-state index contributed by atoms with van der Waals surface area (Å²) in [6.07, 6.45) is 3.12. The number of aryl methyl sites for hydroxylation is 1. The van der Waals surface area contributed by atoms with E-state index in [1.807, 2.05) is 23.9 Å². The molecule has 0 aliphatic carbocycles. The smallest absolute Gasteiger partial charge is 0.0750 e. The summed E-state index contributed by atoms with van der Waals surface area (Å²) >= 11 is 0. The molecule has 0 spiro atoms. The Morgan fingerprint density at radius 2 is 2.25 bits per heavy atom. The fraction of sp³-hybridized carbons (Fsp3) is 0.562. The maximum Gasteiger partial charge on any atom is 0.0750 e. The third kappa shape index (κ3) is 2.45. The largest absolute Gasteiger partial charge is 0.389 e. The summed E-state index contributed by atoms with van der Waals surface area (Å²) in [6, 6.07) is 8.19. The molecule has 1 aliphatic rings. The van der Waals surface area contributed by atoms with Crippen molar-refractivity contribution in [3.05, 3.63) is 30.0 Å². The Balaban J connectivity index is 1.89. The third-order valence-electron chi connectivity index (χ3n) is 4.31. The van der Waals surface area contributed by atoms with E-state index in [-0.39, 0.29) is 6.10 Å². The normalized spacial score (nSPS) is 27.1. The van der Waals surface area contributed by atoms with Gasteiger partial charge in [-0.15, -0.1) is 0 Å². The van der Waals surface area contributed by atoms with E-state index in [0.717, 1.165) is 23.0 Å². The van der Waals surface area contributed by atoms with Gasteiger partial charge in [-0.25, -0.2) is 0 Å². The van der Waals surface area contributed by atoms with E-state index in [0.29, 0.717) is 25.9 Å². The molecule has 2 atom stereocenters. The average Bonchev–Trinajstić information content (AvgIpc) is 2.75. The second kappa shape index (κ2) is 5.19. The van der Waals surface area contributed by atoms with Crippen LogP contribution in [0.1, 0.15) is 31.9 Å². The van der Waals surface area contributed by atoms with Gasteiger partial charge >= 0.3 is 0 Å². The standard InChI is InChI=1S/C16H22N2O2/c1-3-12-10-16(19,8-9-20-12)11-14-13-6-4-5-7-15(13)18(2)17-14/h4-7,12,19H,3,8-11H2,1-2H3. The van der Waals surface area contributed by atoms with Crippen molar-refractivity contribution in [2.24, 2.45) is 7.05 Å². The van der Waals surface area contributed by atoms with Crippen molar-refractivity contribution in [1.82, 2.24) is 9.78 Å². The van der Waals surface area contributed by atoms with Crippen molar-refractivity contribution in [3.8, 4) is 0 Å². The molecule has 20 heavy (non-hydrogen) atoms. The molecule has 0 radical (unpaired) electrons. The highest BCUT2D eigenvalue weighted by Crippen LogP contribution is 2.31. The molecule has 2 aromatic rings. The molecule has 3 rings (SSSR count). The first-order valence-corrected chi connectivity index (χ1v) is 7.36. The van der Waals surface area contributed by atoms with E-state index < -0.39 is 5.60 Å². The average molecular weight is 274 g/mol. The van der Waals surface area contributed by atoms with Gasteiger partial charge in [-0.3, -0.25) is 4.68 Å². The Morgan fingerprint density at radius 3 is 3.05 bits per heavy atom. The lowest BCUT2D eigenvalue weighted by Gasteiger charge is -2.36. The van der Waals surface area contributed by atoms with E-state index in [1.54, 1.807) is 0 Å². The minimum absolute atomic E-state index is 0.170. The second-order valence-electron chi connectivity index (χ2n) is 5.84. The predicted octanol–water partition coefficient (Wildman–Crippen LogP) is 2.44. The molecule has 108 valence electrons. The van der Waals surface area contributed by atoms with Gasteiger partial charge in [0.25, 0.3) is 0 Å². The maximum atomic E-state index is 10.9. The van der Waals surface area contributed by atoms with E-state index in [9.17, 15) is 5.11 Å². The number of hydrogen-bond acceptors (Lipinski definition) is 3. The Morgan fingerprint density at radius 1 is 1.45 bits per heavy atom. The molecule has 1 aromatic heterocycles. The van der Waals surface area contributed by atoms with Crippen molar-refractivity contribution in [2.45, 2.75) is 44.3 Å². The van der Waals surface area contributed by atoms with Crippen LogP contribution in [0.15, 0.2) is 24.3 Å². The monoisotopic (exact) mass is 274 g/mol. The van der Waals surface area contributed by atoms with E-state index >= 15 is 0 Å². The molecule has 2 unspecified atom stereocenters. The first-order chi connectivity index (χ1) is 9.61. The summed E-state index contributed by atoms with van der Waals surface area (Å²) in [4.78, 5) is 0. The Kier molecular flexibility index (Phi) is 3.52. The first-order valence-electron chi connectivity index (χ1n) is 7.36. The van der Waals surface area contributed by atoms with Crippen molar-refractivity contribution >= 4 is 10.9 Å². The number of benzene rings is 1. The van der Waals surface area contributed by atoms with Crippen LogP contribution < -0.4 is 0 Å². The molecule has 0 bridgehead atoms. The van der Waals surface area contributed by atoms with Gasteiger partial charge < -0.3 is 9.84 Å². The van der Waals surface area contributed by atoms with Crippen molar-refractivity contribution in [1.29, 1.82) is 0 Å². The van der Waals surface area contributed by atoms with Gasteiger partial charge in [0.15, 0.2) is 0 Å². The number of aliphatic hydroxyl groups is 1. The van der Waals surface area contributed by atoms with Crippen molar-refractivity contribution < 1.29 is 9.84 Å². The molecule has 1 fully saturated rings. The zero-order valence-electron chi connectivity index (χ0n) is 12.2. The highest BCUT2D eigenvalue weighted by molar-refractivity contribution is 5.81. The summed E-state index contributed by atoms with van der Waals surface area (Å²) in [5.41, 5.74) is 1.42. The lowest BCUT2D eigenvalue weighted by Crippen LogP contribution is -2.42. The maximum absolute atomic E-state index is 10.9. The molecule has 4 nitrogen and oxygen atoms in total. The second-order valence-corrected chi connectivity index (χ2v) is 5.84. The van der Waals surface area contributed by atoms with Crippen LogP contribution in [-0.4, -0.2) is 33.2 Å². The fourth-order valence-corrected chi connectivity index (χ4v) is 3.15. The molecule has 0 saturated carbocycles. The number of aromatic nitrogens is 2. The Labute approximate surface area is 119 Å². The van der Waals surface area contributed by atoms with Gasteiger partial charge in [-0.1, -0.05) is 25.1 Å². The SMILES string of the molecule is CCC1CC(O)(Cc2nn(C)c3ccccc23)CCO1. The van der Waals surface area contributed by atoms with E-state index in [2.05, 4.69) is 24.2 Å². The van der Waals surface area contributed by atoms with Crippen LogP contribution in [-0.2, 0) is 18.2 Å². The molecule has 2 heterocycles. The molecular formula is C16H22N2O2. The van der Waals surface area contributed by atoms with Gasteiger partial charge in [-0.2, -0.15) is 5.10 Å². The van der Waals surface area contributed by atoms with Crippen molar-refractivity contribution in [3.63, 3.8) is 0 Å². The molecule has 1 aromatic carbocycles. The van der Waals surface area contributed by atoms with E-state index in [1.165, 1.54) is 0 Å². The lowest BCUT2D eigenvalue weighted by atomic mass is 9.85. The highest BCUT2D eigenvalue weighted by atomic mass is 16.5. The number of fused-ring (bicyclic) bond motifs is 1. The van der Waals surface area contributed by atoms with Crippen molar-refractivity contribution in [2.75, 3.05) is 6.61 Å². The molecular weight excluding hydrogens is 252 g/mol. The number of rotatable bonds is 3. The minimum atomic E-state index is -0.684. The molecule has 1 N–H and O–H groups in total. The van der Waals surface area contributed by atoms with Gasteiger partial charge in [0, 0.05) is 31.9 Å². The van der Waals surface area contributed by atoms with Crippen LogP contribution in [0.25, 0.3) is 10.9 Å². The van der Waals surface area contributed by atoms with Crippen LogP contribution in [0, 0.1) is 0 Å². The highest BCUT2D eigenvalue weighted by Gasteiger charge is 2.35. The van der Waals surface area contributed by atoms with Crippen LogP contribution in [0.5, 0.6) is 0 Å². The van der Waals surface area contributed by atoms with Crippen LogP contribution >= 0.6 is 0 Å². The summed E-state index contributed by atoms with van der Waals surface area (Å²) in [5.74, 6) is 0. The Hall–Kier alpha value is -1.39. The number of para-hydroxylation sites is 1. The van der Waals surface area contributed by atoms with Gasteiger partial charge in [0.2, 0.25) is 0 Å². The van der Waals surface area contributed by atoms with Gasteiger partial charge in [0.1, 0.15) is 0 Å². The molecule has 0 amide bonds. The number of ether oxygens (including phenoxy) is 1. The predicted molar refractivity (Wildman–Crippen MR) is 78.6 cm³/mol. The fourth-order valence-electron chi connectivity index (χ4n) is 3.15. The van der Waals surface area contributed by atoms with Crippen LogP contribution in [0.2, 0.25) is 0 Å². The zero-order chi connectivity index (χ0) is 14.2. The summed E-state index contributed by atoms with van der Waals surface area (Å²) in [7, 11) is 1.95. The molecule has 1 saturated heterocycles. The molecule has 4 heteroatoms. The summed E-state index contributed by atoms with van der Waals surface area (Å²) < 4.78 is 7.56. The van der Waals surface area contributed by atoms with Gasteiger partial charge in [0.05, 0.1) is 22.9 Å². The molecule has 1 aliphatic heterocycles. The van der Waals surface area contributed by atoms with E-state index in [4.69, 9.17) is 4.74 Å². The lowest BCUT2D eigenvalue weighted by molar-refractivity contribution is -0.103. The Bertz CT molecular complexity index is 608. The van der Waals surface area contributed by atoms with Crippen LogP contribution in [0.3, 0.4) is 0 Å².